The Morgan fingerprint density at radius 1 is 1.60 bits per heavy atom. The molecule has 0 saturated heterocycles. The maximum atomic E-state index is 10.9. The Kier molecular flexibility index (Phi) is 2.66. The van der Waals surface area contributed by atoms with Crippen molar-refractivity contribution in [2.24, 2.45) is 0 Å². The molecule has 0 bridgehead atoms. The molecular weight excluding hydrogens is 192 g/mol. The highest BCUT2D eigenvalue weighted by Crippen LogP contribution is 2.30. The van der Waals surface area contributed by atoms with Crippen LogP contribution < -0.4 is 10.4 Å². The number of imidazole rings is 1. The van der Waals surface area contributed by atoms with E-state index in [4.69, 9.17) is 4.74 Å². The number of hydrogen-bond acceptors (Lipinski definition) is 2. The van der Waals surface area contributed by atoms with Crippen molar-refractivity contribution in [1.82, 2.24) is 9.97 Å². The predicted molar refractivity (Wildman–Crippen MR) is 58.1 cm³/mol. The van der Waals surface area contributed by atoms with E-state index < -0.39 is 0 Å². The molecule has 0 spiro atoms. The van der Waals surface area contributed by atoms with E-state index in [1.54, 1.807) is 6.20 Å². The van der Waals surface area contributed by atoms with Gasteiger partial charge < -0.3 is 9.72 Å². The van der Waals surface area contributed by atoms with Gasteiger partial charge in [0.05, 0.1) is 6.20 Å². The van der Waals surface area contributed by atoms with Crippen LogP contribution in [0.3, 0.4) is 0 Å². The molecule has 4 nitrogen and oxygen atoms in total. The molecule has 4 heteroatoms. The van der Waals surface area contributed by atoms with Gasteiger partial charge in [0.1, 0.15) is 6.10 Å². The van der Waals surface area contributed by atoms with Crippen LogP contribution in [0.4, 0.5) is 0 Å². The number of nitrogens with one attached hydrogen (secondary N) is 2. The van der Waals surface area contributed by atoms with Crippen LogP contribution in [0.1, 0.15) is 33.1 Å². The molecule has 0 radical (unpaired) electrons. The van der Waals surface area contributed by atoms with Gasteiger partial charge in [-0.2, -0.15) is 0 Å². The van der Waals surface area contributed by atoms with Gasteiger partial charge in [-0.05, 0) is 31.8 Å². The number of allylic oxidation sites excluding steroid dienone is 1. The molecule has 1 aromatic rings. The van der Waals surface area contributed by atoms with Gasteiger partial charge in [-0.25, -0.2) is 4.79 Å². The lowest BCUT2D eigenvalue weighted by Gasteiger charge is -2.14. The minimum Gasteiger partial charge on any atom is -0.470 e. The van der Waals surface area contributed by atoms with Crippen LogP contribution in [0.2, 0.25) is 0 Å². The lowest BCUT2D eigenvalue weighted by molar-refractivity contribution is 0.226. The fourth-order valence-corrected chi connectivity index (χ4v) is 2.15. The third kappa shape index (κ3) is 1.98. The number of rotatable bonds is 3. The summed E-state index contributed by atoms with van der Waals surface area (Å²) in [6.45, 7) is 4.29. The SMILES string of the molecule is CCC1=C(C)CCC1Oc1c[nH]c(=O)[nH]1. The first-order valence-electron chi connectivity index (χ1n) is 5.33. The summed E-state index contributed by atoms with van der Waals surface area (Å²) in [7, 11) is 0. The molecule has 1 aromatic heterocycles. The average Bonchev–Trinajstić information content (AvgIpc) is 2.75. The summed E-state index contributed by atoms with van der Waals surface area (Å²) < 4.78 is 5.73. The number of H-pyrrole nitrogens is 2. The van der Waals surface area contributed by atoms with Crippen molar-refractivity contribution in [3.63, 3.8) is 0 Å². The lowest BCUT2D eigenvalue weighted by atomic mass is 10.1. The minimum atomic E-state index is -0.221. The Balaban J connectivity index is 2.11. The highest BCUT2D eigenvalue weighted by molar-refractivity contribution is 5.24. The highest BCUT2D eigenvalue weighted by atomic mass is 16.5. The Labute approximate surface area is 88.4 Å². The second kappa shape index (κ2) is 3.96. The van der Waals surface area contributed by atoms with Crippen LogP contribution >= 0.6 is 0 Å². The van der Waals surface area contributed by atoms with Gasteiger partial charge in [0, 0.05) is 0 Å². The number of aromatic amines is 2. The van der Waals surface area contributed by atoms with Crippen LogP contribution in [-0.4, -0.2) is 16.1 Å². The first kappa shape index (κ1) is 10.1. The number of aromatic nitrogens is 2. The van der Waals surface area contributed by atoms with Crippen molar-refractivity contribution < 1.29 is 4.74 Å². The van der Waals surface area contributed by atoms with E-state index in [9.17, 15) is 4.79 Å². The second-order valence-corrected chi connectivity index (χ2v) is 3.91. The molecule has 2 N–H and O–H groups in total. The molecule has 0 aromatic carbocycles. The van der Waals surface area contributed by atoms with Gasteiger partial charge in [-0.3, -0.25) is 4.98 Å². The largest absolute Gasteiger partial charge is 0.470 e. The molecule has 82 valence electrons. The topological polar surface area (TPSA) is 57.9 Å². The first-order chi connectivity index (χ1) is 7.20. The van der Waals surface area contributed by atoms with Crippen molar-refractivity contribution in [2.75, 3.05) is 0 Å². The van der Waals surface area contributed by atoms with E-state index in [-0.39, 0.29) is 11.8 Å². The summed E-state index contributed by atoms with van der Waals surface area (Å²) in [5.41, 5.74) is 2.58. The molecule has 1 atom stereocenters. The maximum absolute atomic E-state index is 10.9. The van der Waals surface area contributed by atoms with Crippen LogP contribution in [0.25, 0.3) is 0 Å². The predicted octanol–water partition coefficient (Wildman–Crippen LogP) is 1.97. The molecular formula is C11H16N2O2. The van der Waals surface area contributed by atoms with Gasteiger partial charge >= 0.3 is 5.69 Å². The summed E-state index contributed by atoms with van der Waals surface area (Å²) in [6, 6.07) is 0. The molecule has 1 aliphatic carbocycles. The zero-order valence-electron chi connectivity index (χ0n) is 9.09. The van der Waals surface area contributed by atoms with Gasteiger partial charge in [-0.1, -0.05) is 12.5 Å². The highest BCUT2D eigenvalue weighted by Gasteiger charge is 2.23. The fourth-order valence-electron chi connectivity index (χ4n) is 2.15. The molecule has 1 heterocycles. The zero-order valence-corrected chi connectivity index (χ0v) is 9.09. The Hall–Kier alpha value is -1.45. The zero-order chi connectivity index (χ0) is 10.8. The smallest absolute Gasteiger partial charge is 0.325 e. The normalized spacial score (nSPS) is 21.1. The van der Waals surface area contributed by atoms with E-state index >= 15 is 0 Å². The van der Waals surface area contributed by atoms with Gasteiger partial charge in [0.15, 0.2) is 0 Å². The Bertz CT molecular complexity index is 428. The second-order valence-electron chi connectivity index (χ2n) is 3.91. The van der Waals surface area contributed by atoms with E-state index in [0.717, 1.165) is 19.3 Å². The lowest BCUT2D eigenvalue weighted by Crippen LogP contribution is -2.16. The maximum Gasteiger partial charge on any atom is 0.325 e. The van der Waals surface area contributed by atoms with E-state index in [1.165, 1.54) is 11.1 Å². The molecule has 0 amide bonds. The van der Waals surface area contributed by atoms with Crippen LogP contribution in [0.15, 0.2) is 22.1 Å². The summed E-state index contributed by atoms with van der Waals surface area (Å²) in [6.07, 6.45) is 4.85. The Morgan fingerprint density at radius 3 is 3.00 bits per heavy atom. The van der Waals surface area contributed by atoms with Crippen LogP contribution in [0.5, 0.6) is 5.88 Å². The molecule has 0 fully saturated rings. The molecule has 15 heavy (non-hydrogen) atoms. The van der Waals surface area contributed by atoms with Crippen LogP contribution in [0, 0.1) is 0 Å². The summed E-state index contributed by atoms with van der Waals surface area (Å²) >= 11 is 0. The fraction of sp³-hybridized carbons (Fsp3) is 0.545. The molecule has 0 saturated carbocycles. The third-order valence-electron chi connectivity index (χ3n) is 2.94. The third-order valence-corrected chi connectivity index (χ3v) is 2.94. The molecule has 1 unspecified atom stereocenters. The standard InChI is InChI=1S/C11H16N2O2/c1-3-8-7(2)4-5-9(8)15-10-6-12-11(14)13-10/h6,9H,3-5H2,1-2H3,(H2,12,13,14). The van der Waals surface area contributed by atoms with E-state index in [2.05, 4.69) is 23.8 Å². The van der Waals surface area contributed by atoms with Gasteiger partial charge in [0.25, 0.3) is 0 Å². The molecule has 0 aliphatic heterocycles. The van der Waals surface area contributed by atoms with Crippen molar-refractivity contribution in [3.05, 3.63) is 27.8 Å². The van der Waals surface area contributed by atoms with E-state index in [0.29, 0.717) is 5.88 Å². The summed E-state index contributed by atoms with van der Waals surface area (Å²) in [5, 5.41) is 0. The number of ether oxygens (including phenoxy) is 1. The van der Waals surface area contributed by atoms with Gasteiger partial charge in [0.2, 0.25) is 5.88 Å². The quantitative estimate of drug-likeness (QED) is 0.746. The number of hydrogen-bond donors (Lipinski definition) is 2. The monoisotopic (exact) mass is 208 g/mol. The summed E-state index contributed by atoms with van der Waals surface area (Å²) in [4.78, 5) is 16.0. The van der Waals surface area contributed by atoms with Crippen molar-refractivity contribution in [1.29, 1.82) is 0 Å². The minimum absolute atomic E-state index is 0.140. The van der Waals surface area contributed by atoms with Crippen LogP contribution in [-0.2, 0) is 0 Å². The van der Waals surface area contributed by atoms with E-state index in [1.807, 2.05) is 0 Å². The summed E-state index contributed by atoms with van der Waals surface area (Å²) in [5.74, 6) is 0.533. The molecule has 1 aliphatic rings. The van der Waals surface area contributed by atoms with Crippen molar-refractivity contribution in [2.45, 2.75) is 39.2 Å². The Morgan fingerprint density at radius 2 is 2.40 bits per heavy atom. The van der Waals surface area contributed by atoms with Crippen molar-refractivity contribution >= 4 is 0 Å². The first-order valence-corrected chi connectivity index (χ1v) is 5.33. The van der Waals surface area contributed by atoms with Crippen molar-refractivity contribution in [3.8, 4) is 5.88 Å². The average molecular weight is 208 g/mol. The molecule has 2 rings (SSSR count). The van der Waals surface area contributed by atoms with Gasteiger partial charge in [-0.15, -0.1) is 0 Å².